The van der Waals surface area contributed by atoms with Crippen LogP contribution >= 0.6 is 27.3 Å². The van der Waals surface area contributed by atoms with Crippen LogP contribution in [-0.4, -0.2) is 43.3 Å². The van der Waals surface area contributed by atoms with Gasteiger partial charge in [0.05, 0.1) is 31.6 Å². The third-order valence-electron chi connectivity index (χ3n) is 3.43. The number of hydrogen-bond acceptors (Lipinski definition) is 5. The lowest BCUT2D eigenvalue weighted by atomic mass is 10.2. The predicted molar refractivity (Wildman–Crippen MR) is 87.9 cm³/mol. The number of nitrogens with zero attached hydrogens (tertiary/aromatic N) is 2. The van der Waals surface area contributed by atoms with Crippen molar-refractivity contribution >= 4 is 27.3 Å². The fraction of sp³-hybridized carbons (Fsp3) is 0.400. The first kappa shape index (κ1) is 15.0. The second kappa shape index (κ2) is 6.87. The summed E-state index contributed by atoms with van der Waals surface area (Å²) in [6, 6.07) is 5.99. The Morgan fingerprint density at radius 1 is 1.38 bits per heavy atom. The molecule has 1 aliphatic rings. The van der Waals surface area contributed by atoms with Crippen LogP contribution in [-0.2, 0) is 11.3 Å². The van der Waals surface area contributed by atoms with Crippen LogP contribution in [0.3, 0.4) is 0 Å². The van der Waals surface area contributed by atoms with Crippen LogP contribution in [0.15, 0.2) is 28.1 Å². The van der Waals surface area contributed by atoms with Gasteiger partial charge in [0.25, 0.3) is 0 Å². The maximum Gasteiger partial charge on any atom is 0.129 e. The number of morpholine rings is 1. The molecule has 6 heteroatoms. The molecule has 1 aliphatic heterocycles. The van der Waals surface area contributed by atoms with Crippen molar-refractivity contribution in [2.24, 2.45) is 0 Å². The van der Waals surface area contributed by atoms with E-state index < -0.39 is 0 Å². The van der Waals surface area contributed by atoms with E-state index in [0.29, 0.717) is 0 Å². The Morgan fingerprint density at radius 3 is 2.95 bits per heavy atom. The van der Waals surface area contributed by atoms with Crippen LogP contribution in [0, 0.1) is 0 Å². The molecular formula is C15H17BrN2O2S. The van der Waals surface area contributed by atoms with Crippen LogP contribution in [0.2, 0.25) is 0 Å². The zero-order chi connectivity index (χ0) is 14.7. The van der Waals surface area contributed by atoms with Crippen molar-refractivity contribution < 1.29 is 9.47 Å². The second-order valence-electron chi connectivity index (χ2n) is 4.88. The van der Waals surface area contributed by atoms with E-state index in [-0.39, 0.29) is 0 Å². The van der Waals surface area contributed by atoms with Crippen molar-refractivity contribution in [1.82, 2.24) is 9.88 Å². The standard InChI is InChI=1S/C15H17BrN2O2S/c1-19-14-3-2-11(16)8-13(14)15-17-12(10-21-15)9-18-4-6-20-7-5-18/h2-3,8,10H,4-7,9H2,1H3. The summed E-state index contributed by atoms with van der Waals surface area (Å²) < 4.78 is 11.8. The molecule has 1 fully saturated rings. The van der Waals surface area contributed by atoms with E-state index in [1.807, 2.05) is 12.1 Å². The average molecular weight is 369 g/mol. The first-order chi connectivity index (χ1) is 10.3. The van der Waals surface area contributed by atoms with Crippen molar-refractivity contribution in [3.8, 4) is 16.3 Å². The fourth-order valence-electron chi connectivity index (χ4n) is 2.34. The zero-order valence-electron chi connectivity index (χ0n) is 11.8. The Bertz CT molecular complexity index is 611. The molecule has 1 aromatic carbocycles. The molecule has 0 radical (unpaired) electrons. The maximum absolute atomic E-state index is 5.43. The summed E-state index contributed by atoms with van der Waals surface area (Å²) in [5.41, 5.74) is 2.14. The molecule has 2 heterocycles. The summed E-state index contributed by atoms with van der Waals surface area (Å²) in [4.78, 5) is 7.13. The van der Waals surface area contributed by atoms with Crippen molar-refractivity contribution in [3.63, 3.8) is 0 Å². The summed E-state index contributed by atoms with van der Waals surface area (Å²) in [5, 5.41) is 3.13. The molecule has 1 aromatic heterocycles. The molecule has 0 saturated carbocycles. The maximum atomic E-state index is 5.43. The summed E-state index contributed by atoms with van der Waals surface area (Å²) in [6.07, 6.45) is 0. The van der Waals surface area contributed by atoms with Crippen LogP contribution in [0.1, 0.15) is 5.69 Å². The number of rotatable bonds is 4. The number of thiazole rings is 1. The number of methoxy groups -OCH3 is 1. The Kier molecular flexibility index (Phi) is 4.90. The molecule has 0 aliphatic carbocycles. The summed E-state index contributed by atoms with van der Waals surface area (Å²) in [6.45, 7) is 4.48. The van der Waals surface area contributed by atoms with Crippen molar-refractivity contribution in [3.05, 3.63) is 33.7 Å². The molecule has 0 bridgehead atoms. The van der Waals surface area contributed by atoms with Gasteiger partial charge < -0.3 is 9.47 Å². The van der Waals surface area contributed by atoms with Gasteiger partial charge in [-0.25, -0.2) is 4.98 Å². The largest absolute Gasteiger partial charge is 0.496 e. The van der Waals surface area contributed by atoms with Crippen LogP contribution in [0.5, 0.6) is 5.75 Å². The number of hydrogen-bond donors (Lipinski definition) is 0. The first-order valence-electron chi connectivity index (χ1n) is 6.84. The lowest BCUT2D eigenvalue weighted by molar-refractivity contribution is 0.0337. The monoisotopic (exact) mass is 368 g/mol. The van der Waals surface area contributed by atoms with Gasteiger partial charge in [-0.05, 0) is 18.2 Å². The highest BCUT2D eigenvalue weighted by atomic mass is 79.9. The number of ether oxygens (including phenoxy) is 2. The fourth-order valence-corrected chi connectivity index (χ4v) is 3.53. The highest BCUT2D eigenvalue weighted by Gasteiger charge is 2.15. The number of aromatic nitrogens is 1. The average Bonchev–Trinajstić information content (AvgIpc) is 2.96. The Hall–Kier alpha value is -0.950. The van der Waals surface area contributed by atoms with Gasteiger partial charge in [-0.1, -0.05) is 15.9 Å². The normalized spacial score (nSPS) is 16.1. The summed E-state index contributed by atoms with van der Waals surface area (Å²) >= 11 is 5.17. The number of benzene rings is 1. The molecule has 1 saturated heterocycles. The van der Waals surface area contributed by atoms with Crippen molar-refractivity contribution in [1.29, 1.82) is 0 Å². The van der Waals surface area contributed by atoms with Crippen LogP contribution in [0.4, 0.5) is 0 Å². The minimum absolute atomic E-state index is 0.816. The van der Waals surface area contributed by atoms with Crippen LogP contribution in [0.25, 0.3) is 10.6 Å². The molecule has 21 heavy (non-hydrogen) atoms. The highest BCUT2D eigenvalue weighted by molar-refractivity contribution is 9.10. The molecule has 0 atom stereocenters. The van der Waals surface area contributed by atoms with Gasteiger partial charge in [0.1, 0.15) is 10.8 Å². The van der Waals surface area contributed by atoms with E-state index in [1.165, 1.54) is 0 Å². The lowest BCUT2D eigenvalue weighted by Gasteiger charge is -2.25. The van der Waals surface area contributed by atoms with Crippen molar-refractivity contribution in [2.75, 3.05) is 33.4 Å². The molecule has 0 unspecified atom stereocenters. The molecule has 0 N–H and O–H groups in total. The first-order valence-corrected chi connectivity index (χ1v) is 8.52. The second-order valence-corrected chi connectivity index (χ2v) is 6.65. The molecule has 0 amide bonds. The minimum Gasteiger partial charge on any atom is -0.496 e. The summed E-state index contributed by atoms with van der Waals surface area (Å²) in [5.74, 6) is 0.852. The number of halogens is 1. The van der Waals surface area contributed by atoms with Gasteiger partial charge in [-0.15, -0.1) is 11.3 Å². The van der Waals surface area contributed by atoms with Gasteiger partial charge in [-0.3, -0.25) is 4.90 Å². The quantitative estimate of drug-likeness (QED) is 0.827. The Labute approximate surface area is 136 Å². The highest BCUT2D eigenvalue weighted by Crippen LogP contribution is 2.34. The van der Waals surface area contributed by atoms with E-state index in [9.17, 15) is 0 Å². The third kappa shape index (κ3) is 3.63. The van der Waals surface area contributed by atoms with Gasteiger partial charge in [0, 0.05) is 29.5 Å². The molecule has 4 nitrogen and oxygen atoms in total. The lowest BCUT2D eigenvalue weighted by Crippen LogP contribution is -2.35. The van der Waals surface area contributed by atoms with Gasteiger partial charge >= 0.3 is 0 Å². The van der Waals surface area contributed by atoms with Gasteiger partial charge in [0.2, 0.25) is 0 Å². The van der Waals surface area contributed by atoms with Gasteiger partial charge in [0.15, 0.2) is 0 Å². The molecule has 0 spiro atoms. The molecule has 2 aromatic rings. The smallest absolute Gasteiger partial charge is 0.129 e. The van der Waals surface area contributed by atoms with E-state index in [1.54, 1.807) is 18.4 Å². The molecular weight excluding hydrogens is 352 g/mol. The minimum atomic E-state index is 0.816. The van der Waals surface area contributed by atoms with Crippen molar-refractivity contribution in [2.45, 2.75) is 6.54 Å². The topological polar surface area (TPSA) is 34.6 Å². The van der Waals surface area contributed by atoms with E-state index in [2.05, 4.69) is 32.3 Å². The third-order valence-corrected chi connectivity index (χ3v) is 4.85. The van der Waals surface area contributed by atoms with Crippen LogP contribution < -0.4 is 4.74 Å². The van der Waals surface area contributed by atoms with E-state index in [0.717, 1.165) is 59.3 Å². The summed E-state index contributed by atoms with van der Waals surface area (Å²) in [7, 11) is 1.69. The van der Waals surface area contributed by atoms with E-state index >= 15 is 0 Å². The zero-order valence-corrected chi connectivity index (χ0v) is 14.2. The Morgan fingerprint density at radius 2 is 2.19 bits per heavy atom. The molecule has 112 valence electrons. The van der Waals surface area contributed by atoms with Gasteiger partial charge in [-0.2, -0.15) is 0 Å². The van der Waals surface area contributed by atoms with E-state index in [4.69, 9.17) is 14.5 Å². The Balaban J connectivity index is 1.79. The molecule has 3 rings (SSSR count). The predicted octanol–water partition coefficient (Wildman–Crippen LogP) is 3.41. The SMILES string of the molecule is COc1ccc(Br)cc1-c1nc(CN2CCOCC2)cs1.